The number of carboxylic acids is 2. The van der Waals surface area contributed by atoms with Crippen LogP contribution in [0.15, 0.2) is 0 Å². The summed E-state index contributed by atoms with van der Waals surface area (Å²) in [5.41, 5.74) is 5.00. The van der Waals surface area contributed by atoms with E-state index in [9.17, 15) is 9.59 Å². The fraction of sp³-hybridized carbons (Fsp3) is 0.600. The Labute approximate surface area is 125 Å². The van der Waals surface area contributed by atoms with Gasteiger partial charge in [0.2, 0.25) is 0 Å². The van der Waals surface area contributed by atoms with E-state index in [2.05, 4.69) is 0 Å². The fourth-order valence-electron chi connectivity index (χ4n) is 0.402. The van der Waals surface area contributed by atoms with Crippen LogP contribution in [0.4, 0.5) is 0 Å². The van der Waals surface area contributed by atoms with E-state index in [1.54, 1.807) is 0 Å². The molecule has 0 bridgehead atoms. The van der Waals surface area contributed by atoms with Crippen molar-refractivity contribution in [2.75, 3.05) is 0 Å². The summed E-state index contributed by atoms with van der Waals surface area (Å²) in [6.07, 6.45) is -0.224. The Kier molecular flexibility index (Phi) is 24.1. The Morgan fingerprint density at radius 1 is 1.31 bits per heavy atom. The first-order valence-electron chi connectivity index (χ1n) is 2.74. The van der Waals surface area contributed by atoms with Crippen molar-refractivity contribution in [2.45, 2.75) is 18.9 Å². The van der Waals surface area contributed by atoms with Gasteiger partial charge in [-0.2, -0.15) is 0 Å². The molecule has 0 aliphatic carbocycles. The van der Waals surface area contributed by atoms with Crippen LogP contribution in [0.3, 0.4) is 0 Å². The molecular formula is C5H15AlMgNNaO4. The van der Waals surface area contributed by atoms with Crippen molar-refractivity contribution < 1.29 is 19.8 Å². The van der Waals surface area contributed by atoms with Gasteiger partial charge in [0.1, 0.15) is 6.04 Å². The molecule has 0 aromatic rings. The maximum atomic E-state index is 9.99. The molecule has 0 rings (SSSR count). The summed E-state index contributed by atoms with van der Waals surface area (Å²) >= 11 is 0. The first kappa shape index (κ1) is 23.8. The molecule has 13 heavy (non-hydrogen) atoms. The molecule has 0 radical (unpaired) electrons. The number of rotatable bonds is 4. The summed E-state index contributed by atoms with van der Waals surface area (Å²) in [4.78, 5) is 19.9. The van der Waals surface area contributed by atoms with E-state index in [-0.39, 0.29) is 82.8 Å². The second-order valence-electron chi connectivity index (χ2n) is 1.88. The number of carboxylic acid groups (broad SMARTS) is 2. The Hall–Kier alpha value is 1.20. The van der Waals surface area contributed by atoms with Gasteiger partial charge in [-0.3, -0.25) is 9.59 Å². The molecule has 4 N–H and O–H groups in total. The van der Waals surface area contributed by atoms with Crippen molar-refractivity contribution in [3.63, 3.8) is 0 Å². The number of nitrogens with two attached hydrogens (primary N) is 1. The Morgan fingerprint density at radius 3 is 1.92 bits per heavy atom. The molecule has 0 aliphatic heterocycles. The second-order valence-corrected chi connectivity index (χ2v) is 1.88. The molecule has 0 aromatic carbocycles. The predicted molar refractivity (Wildman–Crippen MR) is 58.1 cm³/mol. The summed E-state index contributed by atoms with van der Waals surface area (Å²) in [7, 11) is 0. The van der Waals surface area contributed by atoms with Crippen LogP contribution in [-0.4, -0.2) is 98.2 Å². The van der Waals surface area contributed by atoms with Crippen LogP contribution in [0.1, 0.15) is 12.8 Å². The third-order valence-corrected chi connectivity index (χ3v) is 0.986. The van der Waals surface area contributed by atoms with E-state index in [0.29, 0.717) is 0 Å². The summed E-state index contributed by atoms with van der Waals surface area (Å²) in [6.45, 7) is 0. The van der Waals surface area contributed by atoms with Gasteiger partial charge in [-0.15, -0.1) is 0 Å². The van der Waals surface area contributed by atoms with Gasteiger partial charge in [0.05, 0.1) is 0 Å². The van der Waals surface area contributed by atoms with Crippen LogP contribution < -0.4 is 5.73 Å². The minimum atomic E-state index is -1.17. The molecule has 8 heteroatoms. The first-order valence-corrected chi connectivity index (χ1v) is 2.74. The van der Waals surface area contributed by atoms with E-state index in [1.807, 2.05) is 0 Å². The Balaban J connectivity index is -0.000000135. The number of hydrogen-bond donors (Lipinski definition) is 3. The quantitative estimate of drug-likeness (QED) is 0.433. The van der Waals surface area contributed by atoms with Crippen LogP contribution >= 0.6 is 0 Å². The van der Waals surface area contributed by atoms with Crippen molar-refractivity contribution in [1.29, 1.82) is 0 Å². The first-order chi connectivity index (χ1) is 4.54. The number of aliphatic carboxylic acids is 2. The van der Waals surface area contributed by atoms with E-state index < -0.39 is 18.0 Å². The van der Waals surface area contributed by atoms with E-state index in [1.165, 1.54) is 0 Å². The molecule has 0 spiro atoms. The summed E-state index contributed by atoms with van der Waals surface area (Å²) in [5, 5.41) is 16.3. The van der Waals surface area contributed by atoms with Crippen molar-refractivity contribution in [1.82, 2.24) is 0 Å². The van der Waals surface area contributed by atoms with Gasteiger partial charge < -0.3 is 15.9 Å². The van der Waals surface area contributed by atoms with Crippen molar-refractivity contribution in [3.05, 3.63) is 0 Å². The topological polar surface area (TPSA) is 101 Å². The normalized spacial score (nSPS) is 9.62. The summed E-state index contributed by atoms with van der Waals surface area (Å²) in [6, 6.07) is -1.06. The summed E-state index contributed by atoms with van der Waals surface area (Å²) in [5.74, 6) is -2.20. The Bertz CT molecular complexity index is 159. The monoisotopic (exact) mass is 227 g/mol. The molecule has 0 fully saturated rings. The van der Waals surface area contributed by atoms with Gasteiger partial charge in [-0.1, -0.05) is 0 Å². The van der Waals surface area contributed by atoms with Gasteiger partial charge >= 0.3 is 64.5 Å². The Morgan fingerprint density at radius 2 is 1.69 bits per heavy atom. The van der Waals surface area contributed by atoms with Crippen molar-refractivity contribution in [2.24, 2.45) is 5.73 Å². The molecule has 1 unspecified atom stereocenters. The average molecular weight is 227 g/mol. The molecule has 0 aromatic heterocycles. The van der Waals surface area contributed by atoms with Crippen molar-refractivity contribution >= 4 is 81.9 Å². The number of carbonyl (C=O) groups is 2. The molecule has 0 heterocycles. The van der Waals surface area contributed by atoms with Gasteiger partial charge in [-0.05, 0) is 6.42 Å². The molecule has 1 atom stereocenters. The van der Waals surface area contributed by atoms with Gasteiger partial charge in [0.25, 0.3) is 0 Å². The van der Waals surface area contributed by atoms with E-state index in [4.69, 9.17) is 15.9 Å². The number of hydrogen-bond acceptors (Lipinski definition) is 3. The SMILES string of the molecule is NC(CCC(=O)O)C(=O)O.[AlH3].[MgH2].[NaH]. The van der Waals surface area contributed by atoms with Gasteiger partial charge in [-0.25, -0.2) is 0 Å². The maximum absolute atomic E-state index is 9.99. The average Bonchev–Trinajstić information content (AvgIpc) is 1.82. The van der Waals surface area contributed by atoms with Gasteiger partial charge in [0, 0.05) is 6.42 Å². The molecule has 0 aliphatic rings. The van der Waals surface area contributed by atoms with E-state index >= 15 is 0 Å². The van der Waals surface area contributed by atoms with Crippen LogP contribution in [0, 0.1) is 0 Å². The zero-order chi connectivity index (χ0) is 8.15. The molecule has 0 amide bonds. The van der Waals surface area contributed by atoms with E-state index in [0.717, 1.165) is 0 Å². The standard InChI is InChI=1S/C5H9NO4.Al.Mg.Na.6H/c6-3(5(9)10)1-2-4(7)8;;;;;;;;;/h3H,1-2,6H2,(H,7,8)(H,9,10);;;;;;;;;. The van der Waals surface area contributed by atoms with Crippen LogP contribution in [0.5, 0.6) is 0 Å². The molecular weight excluding hydrogens is 212 g/mol. The zero-order valence-corrected chi connectivity index (χ0v) is 5.28. The molecule has 70 valence electrons. The fourth-order valence-corrected chi connectivity index (χ4v) is 0.402. The molecule has 0 saturated carbocycles. The molecule has 5 nitrogen and oxygen atoms in total. The van der Waals surface area contributed by atoms with Crippen LogP contribution in [-0.2, 0) is 9.59 Å². The van der Waals surface area contributed by atoms with Crippen molar-refractivity contribution in [3.8, 4) is 0 Å². The van der Waals surface area contributed by atoms with Gasteiger partial charge in [0.15, 0.2) is 17.4 Å². The molecule has 0 saturated heterocycles. The second kappa shape index (κ2) is 13.2. The predicted octanol–water partition coefficient (Wildman–Crippen LogP) is -3.49. The third kappa shape index (κ3) is 15.9. The zero-order valence-electron chi connectivity index (χ0n) is 5.28. The third-order valence-electron chi connectivity index (χ3n) is 0.986. The van der Waals surface area contributed by atoms with Crippen LogP contribution in [0.2, 0.25) is 0 Å². The minimum absolute atomic E-state index is 0. The van der Waals surface area contributed by atoms with Crippen LogP contribution in [0.25, 0.3) is 0 Å². The summed E-state index contributed by atoms with van der Waals surface area (Å²) < 4.78 is 0.